The van der Waals surface area contributed by atoms with E-state index in [4.69, 9.17) is 10.5 Å². The Morgan fingerprint density at radius 1 is 1.23 bits per heavy atom. The van der Waals surface area contributed by atoms with Crippen LogP contribution in [0.4, 0.5) is 11.5 Å². The van der Waals surface area contributed by atoms with Gasteiger partial charge in [-0.05, 0) is 37.5 Å². The van der Waals surface area contributed by atoms with Gasteiger partial charge in [0, 0.05) is 39.5 Å². The average molecular weight is 637 g/mol. The number of nitrogens with one attached hydrogen (secondary N) is 2. The predicted octanol–water partition coefficient (Wildman–Crippen LogP) is 6.24. The zero-order chi connectivity index (χ0) is 32.1. The summed E-state index contributed by atoms with van der Waals surface area (Å²) in [7, 11) is 1.67. The number of carbonyl (C=O) groups is 2. The van der Waals surface area contributed by atoms with E-state index in [-0.39, 0.29) is 11.5 Å². The van der Waals surface area contributed by atoms with Crippen LogP contribution in [0.2, 0.25) is 0 Å². The number of unbranched alkanes of at least 4 members (excludes halogenated alkanes) is 2. The second-order valence-electron chi connectivity index (χ2n) is 9.89. The van der Waals surface area contributed by atoms with Crippen LogP contribution in [-0.4, -0.2) is 33.8 Å². The third-order valence-electron chi connectivity index (χ3n) is 6.53. The molecule has 1 aliphatic rings. The van der Waals surface area contributed by atoms with Gasteiger partial charge in [0.05, 0.1) is 23.9 Å². The number of hydrogen-bond acceptors (Lipinski definition) is 10. The van der Waals surface area contributed by atoms with Gasteiger partial charge in [0.15, 0.2) is 6.29 Å². The lowest BCUT2D eigenvalue weighted by Crippen LogP contribution is -2.36. The van der Waals surface area contributed by atoms with Crippen LogP contribution in [0.1, 0.15) is 62.7 Å². The van der Waals surface area contributed by atoms with Gasteiger partial charge >= 0.3 is 0 Å². The quantitative estimate of drug-likeness (QED) is 0.0811. The minimum atomic E-state index is -0.523. The zero-order valence-corrected chi connectivity index (χ0v) is 27.1. The standard InChI is InChI=1S/C17H18N6O2S.C15H22O2S/c1-19-11-8-21-15-3-2-12(23(15)17(11)25)16(24)22-7-10-4-9-6-20-14(18)5-13(9)26-10;1-5-7-9-11-17-14(4)15(10-8-6-2)18-13(3)12-16/h4-6,8,12,19H,2-3,7H2,1H3,(H2,18,20)(H,22,24);9-12H,3-8H2,1-2H3/b;11-9-,15-10-. The Labute approximate surface area is 266 Å². The number of anilines is 2. The van der Waals surface area contributed by atoms with Gasteiger partial charge in [0.2, 0.25) is 5.91 Å². The molecule has 0 bridgehead atoms. The van der Waals surface area contributed by atoms with Crippen LogP contribution in [0, 0.1) is 0 Å². The molecule has 12 heteroatoms. The van der Waals surface area contributed by atoms with Gasteiger partial charge < -0.3 is 21.1 Å². The Morgan fingerprint density at radius 2 is 2.00 bits per heavy atom. The number of thioether (sulfide) groups is 1. The number of ether oxygens (including phenoxy) is 1. The first kappa shape index (κ1) is 34.3. The number of nitrogens with two attached hydrogens (primary N) is 1. The number of amides is 1. The lowest BCUT2D eigenvalue weighted by Gasteiger charge is -2.14. The third-order valence-corrected chi connectivity index (χ3v) is 8.60. The first-order valence-electron chi connectivity index (χ1n) is 14.4. The summed E-state index contributed by atoms with van der Waals surface area (Å²) in [5.41, 5.74) is 5.89. The Balaban J connectivity index is 0.000000260. The topological polar surface area (TPSA) is 141 Å². The number of aryl methyl sites for hydroxylation is 1. The molecule has 44 heavy (non-hydrogen) atoms. The fourth-order valence-electron chi connectivity index (χ4n) is 4.28. The summed E-state index contributed by atoms with van der Waals surface area (Å²) >= 11 is 2.86. The summed E-state index contributed by atoms with van der Waals surface area (Å²) in [6.45, 7) is 12.1. The van der Waals surface area contributed by atoms with E-state index in [1.54, 1.807) is 30.8 Å². The van der Waals surface area contributed by atoms with Gasteiger partial charge in [-0.3, -0.25) is 19.0 Å². The number of nitrogen functional groups attached to an aromatic ring is 1. The minimum absolute atomic E-state index is 0.170. The second-order valence-corrected chi connectivity index (χ2v) is 12.2. The summed E-state index contributed by atoms with van der Waals surface area (Å²) in [4.78, 5) is 46.4. The Hall–Kier alpha value is -4.16. The predicted molar refractivity (Wildman–Crippen MR) is 181 cm³/mol. The van der Waals surface area contributed by atoms with E-state index in [0.29, 0.717) is 47.4 Å². The van der Waals surface area contributed by atoms with E-state index in [0.717, 1.165) is 51.8 Å². The van der Waals surface area contributed by atoms with Crippen molar-refractivity contribution in [1.82, 2.24) is 19.9 Å². The molecule has 1 amide bonds. The van der Waals surface area contributed by atoms with Crippen molar-refractivity contribution in [1.29, 1.82) is 0 Å². The van der Waals surface area contributed by atoms with Crippen molar-refractivity contribution in [2.24, 2.45) is 0 Å². The highest BCUT2D eigenvalue weighted by atomic mass is 32.2. The fourth-order valence-corrected chi connectivity index (χ4v) is 6.00. The molecule has 3 aromatic heterocycles. The molecule has 0 aliphatic carbocycles. The number of aromatic nitrogens is 3. The lowest BCUT2D eigenvalue weighted by molar-refractivity contribution is -0.124. The maximum absolute atomic E-state index is 12.7. The van der Waals surface area contributed by atoms with Gasteiger partial charge in [0.25, 0.3) is 5.56 Å². The average Bonchev–Trinajstić information content (AvgIpc) is 3.64. The molecular weight excluding hydrogens is 597 g/mol. The number of thiophene rings is 1. The molecule has 0 spiro atoms. The summed E-state index contributed by atoms with van der Waals surface area (Å²) in [5.74, 6) is 1.52. The number of fused-ring (bicyclic) bond motifs is 2. The molecule has 3 aromatic rings. The molecule has 4 N–H and O–H groups in total. The summed E-state index contributed by atoms with van der Waals surface area (Å²) in [5, 5.41) is 6.75. The van der Waals surface area contributed by atoms with Crippen molar-refractivity contribution in [2.45, 2.75) is 65.0 Å². The van der Waals surface area contributed by atoms with Crippen molar-refractivity contribution in [3.8, 4) is 0 Å². The summed E-state index contributed by atoms with van der Waals surface area (Å²) < 4.78 is 7.96. The maximum Gasteiger partial charge on any atom is 0.277 e. The highest BCUT2D eigenvalue weighted by molar-refractivity contribution is 8.07. The van der Waals surface area contributed by atoms with E-state index >= 15 is 0 Å². The molecular formula is C32H40N6O4S2. The SMILES string of the molecule is C=C(C=O)S/C(=C\CCC)C(=C)O/C=C\CCC.CNc1cnc2n(c1=O)C(C(=O)NCc1cc3cnc(N)cc3s1)CC2. The van der Waals surface area contributed by atoms with Gasteiger partial charge in [-0.2, -0.15) is 0 Å². The van der Waals surface area contributed by atoms with Gasteiger partial charge in [0.1, 0.15) is 29.1 Å². The molecule has 0 saturated heterocycles. The van der Waals surface area contributed by atoms with Crippen LogP contribution in [0.25, 0.3) is 10.1 Å². The molecule has 1 unspecified atom stereocenters. The van der Waals surface area contributed by atoms with E-state index in [2.05, 4.69) is 47.6 Å². The van der Waals surface area contributed by atoms with E-state index in [1.807, 2.05) is 24.3 Å². The maximum atomic E-state index is 12.7. The zero-order valence-electron chi connectivity index (χ0n) is 25.4. The summed E-state index contributed by atoms with van der Waals surface area (Å²) in [6, 6.07) is 3.29. The Morgan fingerprint density at radius 3 is 2.70 bits per heavy atom. The Bertz CT molecular complexity index is 1610. The normalized spacial score (nSPS) is 14.1. The molecule has 0 fully saturated rings. The van der Waals surface area contributed by atoms with Crippen molar-refractivity contribution in [3.63, 3.8) is 0 Å². The first-order valence-corrected chi connectivity index (χ1v) is 16.1. The smallest absolute Gasteiger partial charge is 0.277 e. The van der Waals surface area contributed by atoms with Crippen LogP contribution in [0.15, 0.2) is 76.5 Å². The van der Waals surface area contributed by atoms with E-state index in [9.17, 15) is 14.4 Å². The largest absolute Gasteiger partial charge is 0.465 e. The number of hydrogen-bond donors (Lipinski definition) is 3. The van der Waals surface area contributed by atoms with Crippen molar-refractivity contribution in [2.75, 3.05) is 18.1 Å². The number of allylic oxidation sites excluding steroid dienone is 3. The number of aldehydes is 1. The first-order chi connectivity index (χ1) is 21.2. The van der Waals surface area contributed by atoms with Crippen LogP contribution < -0.4 is 21.9 Å². The lowest BCUT2D eigenvalue weighted by atomic mass is 10.2. The van der Waals surface area contributed by atoms with Crippen molar-refractivity contribution in [3.05, 3.63) is 92.7 Å². The number of nitrogens with zero attached hydrogens (tertiary/aromatic N) is 3. The van der Waals surface area contributed by atoms with Gasteiger partial charge in [-0.15, -0.1) is 11.3 Å². The highest BCUT2D eigenvalue weighted by Gasteiger charge is 2.30. The van der Waals surface area contributed by atoms with Crippen molar-refractivity contribution < 1.29 is 14.3 Å². The van der Waals surface area contributed by atoms with Crippen molar-refractivity contribution >= 4 is 56.9 Å². The molecule has 0 aromatic carbocycles. The molecule has 4 heterocycles. The minimum Gasteiger partial charge on any atom is -0.465 e. The fraction of sp³-hybridized carbons (Fsp3) is 0.344. The van der Waals surface area contributed by atoms with Crippen LogP contribution in [0.5, 0.6) is 0 Å². The van der Waals surface area contributed by atoms with E-state index < -0.39 is 6.04 Å². The molecule has 10 nitrogen and oxygen atoms in total. The number of rotatable bonds is 14. The highest BCUT2D eigenvalue weighted by Crippen LogP contribution is 2.30. The second kappa shape index (κ2) is 17.2. The third kappa shape index (κ3) is 9.42. The number of carbonyl (C=O) groups excluding carboxylic acids is 2. The molecule has 1 aliphatic heterocycles. The van der Waals surface area contributed by atoms with Crippen LogP contribution in [-0.2, 0) is 27.3 Å². The van der Waals surface area contributed by atoms with Gasteiger partial charge in [-0.1, -0.05) is 57.7 Å². The summed E-state index contributed by atoms with van der Waals surface area (Å²) in [6.07, 6.45) is 14.8. The molecule has 0 radical (unpaired) electrons. The molecule has 1 atom stereocenters. The van der Waals surface area contributed by atoms with Gasteiger partial charge in [-0.25, -0.2) is 9.97 Å². The Kier molecular flexibility index (Phi) is 13.4. The monoisotopic (exact) mass is 636 g/mol. The molecule has 0 saturated carbocycles. The van der Waals surface area contributed by atoms with E-state index in [1.165, 1.54) is 22.5 Å². The molecule has 4 rings (SSSR count). The number of pyridine rings is 1. The molecule has 234 valence electrons. The van der Waals surface area contributed by atoms with Crippen LogP contribution >= 0.6 is 23.1 Å². The van der Waals surface area contributed by atoms with Crippen LogP contribution in [0.3, 0.4) is 0 Å².